The number of amides is 2. The van der Waals surface area contributed by atoms with Crippen LogP contribution in [0.3, 0.4) is 0 Å². The summed E-state index contributed by atoms with van der Waals surface area (Å²) in [6.45, 7) is 0. The molecule has 1 spiro atoms. The fraction of sp³-hybridized carbons (Fsp3) is 0.154. The lowest BCUT2D eigenvalue weighted by atomic mass is 9.77. The Morgan fingerprint density at radius 3 is 2.00 bits per heavy atom. The minimum absolute atomic E-state index is 0.103. The molecule has 2 heterocycles. The Morgan fingerprint density at radius 2 is 1.38 bits per heavy atom. The van der Waals surface area contributed by atoms with E-state index in [1.807, 2.05) is 0 Å². The molecule has 6 rings (SSSR count). The molecule has 168 valence electrons. The van der Waals surface area contributed by atoms with Crippen molar-refractivity contribution in [3.63, 3.8) is 0 Å². The second-order valence-corrected chi connectivity index (χ2v) is 8.50. The van der Waals surface area contributed by atoms with Crippen LogP contribution in [0, 0.1) is 23.5 Å². The van der Waals surface area contributed by atoms with Gasteiger partial charge in [0.1, 0.15) is 11.6 Å². The molecular weight excluding hydrogens is 444 g/mol. The summed E-state index contributed by atoms with van der Waals surface area (Å²) in [5, 5.41) is 0. The van der Waals surface area contributed by atoms with E-state index in [0.29, 0.717) is 16.5 Å². The molecule has 2 amide bonds. The number of halogens is 2. The number of Topliss-reactive ketones (excluding diaryl/α,β-unsaturated/α-hetero) is 2. The minimum Gasteiger partial charge on any atom is -0.349 e. The van der Waals surface area contributed by atoms with Gasteiger partial charge in [0.25, 0.3) is 0 Å². The standard InChI is InChI=1S/C26H15F2NO5/c27-14-10-11-18(17(28)12-14)29-24(32)19-20(25(29)33)26(34-21(19)13-6-2-1-3-7-13)22(30)15-8-4-5-9-16(15)23(26)31/h1-12,19-21H/t19-,20+,21+/m1/s1. The van der Waals surface area contributed by atoms with Crippen molar-refractivity contribution >= 4 is 29.1 Å². The van der Waals surface area contributed by atoms with Gasteiger partial charge in [-0.3, -0.25) is 19.2 Å². The number of benzene rings is 3. The van der Waals surface area contributed by atoms with Crippen molar-refractivity contribution in [1.82, 2.24) is 0 Å². The van der Waals surface area contributed by atoms with Crippen LogP contribution in [0.4, 0.5) is 14.5 Å². The number of rotatable bonds is 2. The molecule has 34 heavy (non-hydrogen) atoms. The lowest BCUT2D eigenvalue weighted by molar-refractivity contribution is -0.127. The molecular formula is C26H15F2NO5. The molecule has 3 aromatic rings. The van der Waals surface area contributed by atoms with Gasteiger partial charge in [0.05, 0.1) is 23.6 Å². The van der Waals surface area contributed by atoms with Crippen molar-refractivity contribution < 1.29 is 32.7 Å². The van der Waals surface area contributed by atoms with Crippen LogP contribution in [0.5, 0.6) is 0 Å². The largest absolute Gasteiger partial charge is 0.349 e. The van der Waals surface area contributed by atoms with E-state index >= 15 is 0 Å². The maximum absolute atomic E-state index is 14.6. The van der Waals surface area contributed by atoms with Crippen LogP contribution in [0.1, 0.15) is 32.4 Å². The summed E-state index contributed by atoms with van der Waals surface area (Å²) in [5.41, 5.74) is -1.98. The van der Waals surface area contributed by atoms with Gasteiger partial charge in [0.2, 0.25) is 29.0 Å². The number of ketones is 2. The van der Waals surface area contributed by atoms with Crippen molar-refractivity contribution in [2.24, 2.45) is 11.8 Å². The van der Waals surface area contributed by atoms with Gasteiger partial charge in [-0.05, 0) is 17.7 Å². The Kier molecular flexibility index (Phi) is 4.22. The molecule has 0 aromatic heterocycles. The minimum atomic E-state index is -2.24. The Bertz CT molecular complexity index is 1380. The van der Waals surface area contributed by atoms with E-state index in [4.69, 9.17) is 4.74 Å². The summed E-state index contributed by atoms with van der Waals surface area (Å²) in [5.74, 6) is -7.90. The average molecular weight is 459 g/mol. The highest BCUT2D eigenvalue weighted by Crippen LogP contribution is 2.57. The topological polar surface area (TPSA) is 80.8 Å². The van der Waals surface area contributed by atoms with Gasteiger partial charge in [0, 0.05) is 17.2 Å². The number of carbonyl (C=O) groups is 4. The maximum atomic E-state index is 14.6. The van der Waals surface area contributed by atoms with Crippen molar-refractivity contribution in [3.8, 4) is 0 Å². The molecule has 3 aliphatic rings. The van der Waals surface area contributed by atoms with Crippen LogP contribution in [0.2, 0.25) is 0 Å². The monoisotopic (exact) mass is 459 g/mol. The summed E-state index contributed by atoms with van der Waals surface area (Å²) < 4.78 is 34.3. The van der Waals surface area contributed by atoms with Crippen LogP contribution in [-0.2, 0) is 14.3 Å². The van der Waals surface area contributed by atoms with Crippen molar-refractivity contribution in [2.45, 2.75) is 11.7 Å². The first-order chi connectivity index (χ1) is 16.4. The third kappa shape index (κ3) is 2.46. The van der Waals surface area contributed by atoms with Gasteiger partial charge in [-0.1, -0.05) is 54.6 Å². The van der Waals surface area contributed by atoms with Crippen LogP contribution in [0.15, 0.2) is 72.8 Å². The number of carbonyl (C=O) groups excluding carboxylic acids is 4. The number of imide groups is 1. The number of fused-ring (bicyclic) bond motifs is 3. The number of hydrogen-bond donors (Lipinski definition) is 0. The molecule has 0 N–H and O–H groups in total. The van der Waals surface area contributed by atoms with Crippen molar-refractivity contribution in [2.75, 3.05) is 4.90 Å². The number of anilines is 1. The molecule has 6 nitrogen and oxygen atoms in total. The quantitative estimate of drug-likeness (QED) is 0.432. The molecule has 0 bridgehead atoms. The molecule has 0 saturated carbocycles. The second kappa shape index (κ2) is 6.98. The number of ether oxygens (including phenoxy) is 1. The summed E-state index contributed by atoms with van der Waals surface area (Å²) in [7, 11) is 0. The maximum Gasteiger partial charge on any atom is 0.241 e. The molecule has 0 radical (unpaired) electrons. The SMILES string of the molecule is O=C1[C@@H]2[C@@H](C(=O)N1c1ccc(F)cc1F)C1(O[C@H]2c2ccccc2)C(=O)c2ccccc2C1=O. The average Bonchev–Trinajstić information content (AvgIpc) is 3.40. The lowest BCUT2D eigenvalue weighted by Crippen LogP contribution is -2.51. The molecule has 8 heteroatoms. The number of nitrogens with zero attached hydrogens (tertiary/aromatic N) is 1. The van der Waals surface area contributed by atoms with Gasteiger partial charge < -0.3 is 4.74 Å². The third-order valence-electron chi connectivity index (χ3n) is 6.80. The summed E-state index contributed by atoms with van der Waals surface area (Å²) >= 11 is 0. The van der Waals surface area contributed by atoms with Crippen molar-refractivity contribution in [3.05, 3.63) is 101 Å². The highest BCUT2D eigenvalue weighted by Gasteiger charge is 2.74. The molecule has 3 atom stereocenters. The Hall–Kier alpha value is -4.04. The molecule has 0 unspecified atom stereocenters. The first-order valence-electron chi connectivity index (χ1n) is 10.6. The smallest absolute Gasteiger partial charge is 0.241 e. The van der Waals surface area contributed by atoms with E-state index in [0.717, 1.165) is 12.1 Å². The Balaban J connectivity index is 1.56. The first kappa shape index (κ1) is 20.6. The van der Waals surface area contributed by atoms with Crippen molar-refractivity contribution in [1.29, 1.82) is 0 Å². The van der Waals surface area contributed by atoms with E-state index < -0.39 is 64.2 Å². The summed E-state index contributed by atoms with van der Waals surface area (Å²) in [6, 6.07) is 17.1. The zero-order chi connectivity index (χ0) is 23.8. The molecule has 2 fully saturated rings. The van der Waals surface area contributed by atoms with Crippen LogP contribution in [-0.4, -0.2) is 29.0 Å². The summed E-state index contributed by atoms with van der Waals surface area (Å²) in [6.07, 6.45) is -1.10. The predicted molar refractivity (Wildman–Crippen MR) is 114 cm³/mol. The van der Waals surface area contributed by atoms with Gasteiger partial charge >= 0.3 is 0 Å². The summed E-state index contributed by atoms with van der Waals surface area (Å²) in [4.78, 5) is 55.1. The normalized spacial score (nSPS) is 24.8. The first-order valence-corrected chi connectivity index (χ1v) is 10.6. The molecule has 2 saturated heterocycles. The fourth-order valence-electron chi connectivity index (χ4n) is 5.36. The number of hydrogen-bond acceptors (Lipinski definition) is 5. The predicted octanol–water partition coefficient (Wildman–Crippen LogP) is 3.66. The van der Waals surface area contributed by atoms with E-state index in [9.17, 15) is 28.0 Å². The molecule has 1 aliphatic carbocycles. The molecule has 2 aliphatic heterocycles. The fourth-order valence-corrected chi connectivity index (χ4v) is 5.36. The molecule has 3 aromatic carbocycles. The van der Waals surface area contributed by atoms with E-state index in [-0.39, 0.29) is 11.1 Å². The van der Waals surface area contributed by atoms with Gasteiger partial charge in [-0.25, -0.2) is 13.7 Å². The lowest BCUT2D eigenvalue weighted by Gasteiger charge is -2.27. The van der Waals surface area contributed by atoms with Gasteiger partial charge in [-0.2, -0.15) is 0 Å². The Labute approximate surface area is 191 Å². The zero-order valence-electron chi connectivity index (χ0n) is 17.4. The zero-order valence-corrected chi connectivity index (χ0v) is 17.4. The van der Waals surface area contributed by atoms with E-state index in [1.54, 1.807) is 42.5 Å². The second-order valence-electron chi connectivity index (χ2n) is 8.50. The van der Waals surface area contributed by atoms with Gasteiger partial charge in [-0.15, -0.1) is 0 Å². The highest BCUT2D eigenvalue weighted by molar-refractivity contribution is 6.37. The van der Waals surface area contributed by atoms with Crippen LogP contribution >= 0.6 is 0 Å². The Morgan fingerprint density at radius 1 is 0.765 bits per heavy atom. The van der Waals surface area contributed by atoms with Crippen LogP contribution < -0.4 is 4.90 Å². The highest BCUT2D eigenvalue weighted by atomic mass is 19.1. The van der Waals surface area contributed by atoms with Crippen LogP contribution in [0.25, 0.3) is 0 Å². The van der Waals surface area contributed by atoms with E-state index in [1.165, 1.54) is 12.1 Å². The van der Waals surface area contributed by atoms with Gasteiger partial charge in [0.15, 0.2) is 0 Å². The third-order valence-corrected chi connectivity index (χ3v) is 6.80. The van der Waals surface area contributed by atoms with E-state index in [2.05, 4.69) is 0 Å².